The van der Waals surface area contributed by atoms with Crippen molar-refractivity contribution in [3.05, 3.63) is 46.3 Å². The van der Waals surface area contributed by atoms with Gasteiger partial charge in [0.05, 0.1) is 11.6 Å². The molecule has 144 valence electrons. The largest absolute Gasteiger partial charge is 0.367 e. The van der Waals surface area contributed by atoms with Gasteiger partial charge in [-0.15, -0.1) is 0 Å². The van der Waals surface area contributed by atoms with Crippen LogP contribution in [0.3, 0.4) is 0 Å². The highest BCUT2D eigenvalue weighted by Crippen LogP contribution is 2.22. The van der Waals surface area contributed by atoms with Crippen LogP contribution in [0.25, 0.3) is 0 Å². The molecule has 2 rings (SSSR count). The summed E-state index contributed by atoms with van der Waals surface area (Å²) in [5, 5.41) is 22.1. The molecule has 2 heterocycles. The van der Waals surface area contributed by atoms with Gasteiger partial charge in [-0.05, 0) is 47.6 Å². The van der Waals surface area contributed by atoms with Crippen molar-refractivity contribution in [2.45, 2.75) is 19.9 Å². The third-order valence-corrected chi connectivity index (χ3v) is 4.97. The topological polar surface area (TPSA) is 93.1 Å². The van der Waals surface area contributed by atoms with Gasteiger partial charge in [0, 0.05) is 25.8 Å². The Bertz CT molecular complexity index is 739. The Morgan fingerprint density at radius 2 is 2.11 bits per heavy atom. The summed E-state index contributed by atoms with van der Waals surface area (Å²) in [5.74, 6) is 0.529. The zero-order valence-electron chi connectivity index (χ0n) is 15.7. The Morgan fingerprint density at radius 3 is 2.78 bits per heavy atom. The van der Waals surface area contributed by atoms with Crippen molar-refractivity contribution in [2.75, 3.05) is 38.0 Å². The third kappa shape index (κ3) is 6.24. The number of nitrogens with zero attached hydrogens (tertiary/aromatic N) is 3. The molecular formula is C19H26N6OS. The molecular weight excluding hydrogens is 360 g/mol. The van der Waals surface area contributed by atoms with Gasteiger partial charge in [-0.25, -0.2) is 9.78 Å². The number of carbonyl (C=O) groups is 1. The predicted octanol–water partition coefficient (Wildman–Crippen LogP) is 2.81. The molecule has 0 saturated carbocycles. The minimum atomic E-state index is -0.203. The van der Waals surface area contributed by atoms with E-state index >= 15 is 0 Å². The standard InChI is InChI=1S/C19H26N6OS/c1-3-25(4-2)17(16-7-11-27-14-16)13-24-19(26)23-10-9-22-18-15(12-20)6-5-8-21-18/h5-8,11,14,17H,3-4,9-10,13H2,1-2H3,(H,21,22)(H2,23,24,26). The quantitative estimate of drug-likeness (QED) is 0.546. The molecule has 0 aliphatic rings. The fourth-order valence-electron chi connectivity index (χ4n) is 2.83. The first-order chi connectivity index (χ1) is 13.2. The lowest BCUT2D eigenvalue weighted by molar-refractivity contribution is 0.206. The van der Waals surface area contributed by atoms with Crippen LogP contribution in [0, 0.1) is 11.3 Å². The molecule has 1 unspecified atom stereocenters. The number of carbonyl (C=O) groups excluding carboxylic acids is 1. The fraction of sp³-hybridized carbons (Fsp3) is 0.421. The van der Waals surface area contributed by atoms with Crippen LogP contribution in [0.5, 0.6) is 0 Å². The van der Waals surface area contributed by atoms with Crippen LogP contribution in [0.1, 0.15) is 31.0 Å². The molecule has 0 aliphatic carbocycles. The van der Waals surface area contributed by atoms with E-state index in [-0.39, 0.29) is 12.1 Å². The average molecular weight is 387 g/mol. The Labute approximate surface area is 164 Å². The number of thiophene rings is 1. The monoisotopic (exact) mass is 386 g/mol. The molecule has 0 radical (unpaired) electrons. The van der Waals surface area contributed by atoms with Crippen molar-refractivity contribution in [1.29, 1.82) is 5.26 Å². The van der Waals surface area contributed by atoms with E-state index in [9.17, 15) is 4.79 Å². The molecule has 2 amide bonds. The van der Waals surface area contributed by atoms with E-state index in [0.29, 0.717) is 31.0 Å². The van der Waals surface area contributed by atoms with Gasteiger partial charge in [-0.3, -0.25) is 4.90 Å². The summed E-state index contributed by atoms with van der Waals surface area (Å²) in [6.45, 7) is 7.58. The van der Waals surface area contributed by atoms with E-state index < -0.39 is 0 Å². The maximum atomic E-state index is 12.1. The first-order valence-corrected chi connectivity index (χ1v) is 10.0. The molecule has 0 saturated heterocycles. The SMILES string of the molecule is CCN(CC)C(CNC(=O)NCCNc1ncccc1C#N)c1ccsc1. The number of hydrogen-bond acceptors (Lipinski definition) is 6. The Morgan fingerprint density at radius 1 is 1.30 bits per heavy atom. The van der Waals surface area contributed by atoms with Crippen molar-refractivity contribution in [1.82, 2.24) is 20.5 Å². The van der Waals surface area contributed by atoms with Crippen molar-refractivity contribution in [3.8, 4) is 6.07 Å². The molecule has 8 heteroatoms. The lowest BCUT2D eigenvalue weighted by atomic mass is 10.1. The second-order valence-electron chi connectivity index (χ2n) is 5.87. The van der Waals surface area contributed by atoms with Crippen LogP contribution in [0.4, 0.5) is 10.6 Å². The summed E-state index contributed by atoms with van der Waals surface area (Å²) in [6.07, 6.45) is 1.63. The molecule has 3 N–H and O–H groups in total. The van der Waals surface area contributed by atoms with Crippen LogP contribution in [0.15, 0.2) is 35.2 Å². The van der Waals surface area contributed by atoms with E-state index in [2.05, 4.69) is 62.6 Å². The summed E-state index contributed by atoms with van der Waals surface area (Å²) >= 11 is 1.67. The maximum absolute atomic E-state index is 12.1. The molecule has 2 aromatic rings. The number of pyridine rings is 1. The molecule has 7 nitrogen and oxygen atoms in total. The van der Waals surface area contributed by atoms with Gasteiger partial charge in [-0.1, -0.05) is 13.8 Å². The van der Waals surface area contributed by atoms with Crippen LogP contribution < -0.4 is 16.0 Å². The summed E-state index contributed by atoms with van der Waals surface area (Å²) in [4.78, 5) is 18.6. The zero-order chi connectivity index (χ0) is 19.5. The highest BCUT2D eigenvalue weighted by molar-refractivity contribution is 7.07. The minimum Gasteiger partial charge on any atom is -0.367 e. The first kappa shape index (κ1) is 20.7. The van der Waals surface area contributed by atoms with Gasteiger partial charge in [0.15, 0.2) is 0 Å². The Hall–Kier alpha value is -2.63. The molecule has 27 heavy (non-hydrogen) atoms. The lowest BCUT2D eigenvalue weighted by Gasteiger charge is -2.29. The number of hydrogen-bond donors (Lipinski definition) is 3. The number of nitrogens with one attached hydrogen (secondary N) is 3. The molecule has 0 fully saturated rings. The number of amides is 2. The molecule has 0 spiro atoms. The van der Waals surface area contributed by atoms with E-state index in [0.717, 1.165) is 13.1 Å². The second-order valence-corrected chi connectivity index (χ2v) is 6.65. The van der Waals surface area contributed by atoms with Crippen molar-refractivity contribution >= 4 is 23.2 Å². The number of anilines is 1. The van der Waals surface area contributed by atoms with Crippen LogP contribution >= 0.6 is 11.3 Å². The number of likely N-dealkylation sites (N-methyl/N-ethyl adjacent to an activating group) is 1. The number of nitriles is 1. The van der Waals surface area contributed by atoms with Crippen LogP contribution in [0.2, 0.25) is 0 Å². The minimum absolute atomic E-state index is 0.168. The molecule has 0 aliphatic heterocycles. The van der Waals surface area contributed by atoms with Crippen molar-refractivity contribution in [3.63, 3.8) is 0 Å². The summed E-state index contributed by atoms with van der Waals surface area (Å²) in [7, 11) is 0. The van der Waals surface area contributed by atoms with Gasteiger partial charge in [0.2, 0.25) is 0 Å². The second kappa shape index (κ2) is 11.2. The summed E-state index contributed by atoms with van der Waals surface area (Å²) in [5.41, 5.74) is 1.71. The van der Waals surface area contributed by atoms with Gasteiger partial charge in [0.25, 0.3) is 0 Å². The third-order valence-electron chi connectivity index (χ3n) is 4.27. The normalized spacial score (nSPS) is 11.6. The van der Waals surface area contributed by atoms with Crippen LogP contribution in [-0.2, 0) is 0 Å². The summed E-state index contributed by atoms with van der Waals surface area (Å²) < 4.78 is 0. The molecule has 1 atom stereocenters. The summed E-state index contributed by atoms with van der Waals surface area (Å²) in [6, 6.07) is 7.58. The molecule has 0 aromatic carbocycles. The fourth-order valence-corrected chi connectivity index (χ4v) is 3.54. The van der Waals surface area contributed by atoms with Gasteiger partial charge in [-0.2, -0.15) is 16.6 Å². The molecule has 2 aromatic heterocycles. The highest BCUT2D eigenvalue weighted by atomic mass is 32.1. The number of urea groups is 1. The van der Waals surface area contributed by atoms with E-state index in [1.54, 1.807) is 29.7 Å². The lowest BCUT2D eigenvalue weighted by Crippen LogP contribution is -2.43. The number of aromatic nitrogens is 1. The number of rotatable bonds is 10. The average Bonchev–Trinajstić information content (AvgIpc) is 3.23. The van der Waals surface area contributed by atoms with Gasteiger partial charge < -0.3 is 16.0 Å². The van der Waals surface area contributed by atoms with E-state index in [1.165, 1.54) is 5.56 Å². The zero-order valence-corrected chi connectivity index (χ0v) is 16.6. The van der Waals surface area contributed by atoms with Crippen LogP contribution in [-0.4, -0.2) is 48.6 Å². The highest BCUT2D eigenvalue weighted by Gasteiger charge is 2.19. The Balaban J connectivity index is 1.77. The van der Waals surface area contributed by atoms with Crippen molar-refractivity contribution in [2.24, 2.45) is 0 Å². The predicted molar refractivity (Wildman–Crippen MR) is 109 cm³/mol. The van der Waals surface area contributed by atoms with E-state index in [1.807, 2.05) is 0 Å². The van der Waals surface area contributed by atoms with Gasteiger partial charge >= 0.3 is 6.03 Å². The van der Waals surface area contributed by atoms with Gasteiger partial charge in [0.1, 0.15) is 11.9 Å². The first-order valence-electron chi connectivity index (χ1n) is 9.06. The Kier molecular flexibility index (Phi) is 8.55. The smallest absolute Gasteiger partial charge is 0.314 e. The molecule has 0 bridgehead atoms. The maximum Gasteiger partial charge on any atom is 0.314 e. The van der Waals surface area contributed by atoms with E-state index in [4.69, 9.17) is 5.26 Å². The van der Waals surface area contributed by atoms with Crippen molar-refractivity contribution < 1.29 is 4.79 Å².